The molecular weight excluding hydrogens is 573 g/mol. The molecule has 0 atom stereocenters. The smallest absolute Gasteiger partial charge is 1.00 e. The molecule has 5 aromatic rings. The van der Waals surface area contributed by atoms with Gasteiger partial charge in [0.15, 0.2) is 11.6 Å². The van der Waals surface area contributed by atoms with Crippen LogP contribution < -0.4 is 24.8 Å². The van der Waals surface area contributed by atoms with E-state index in [1.54, 1.807) is 0 Å². The molecular formula is C29H35Cl2FeN7. The quantitative estimate of drug-likeness (QED) is 0.205. The molecule has 2 aromatic carbocycles. The maximum atomic E-state index is 5.14. The number of benzene rings is 2. The van der Waals surface area contributed by atoms with E-state index in [1.165, 1.54) is 0 Å². The van der Waals surface area contributed by atoms with E-state index in [2.05, 4.69) is 101 Å². The van der Waals surface area contributed by atoms with Gasteiger partial charge in [0.05, 0.1) is 35.4 Å². The van der Waals surface area contributed by atoms with E-state index in [1.807, 2.05) is 12.1 Å². The Morgan fingerprint density at radius 2 is 0.923 bits per heavy atom. The van der Waals surface area contributed by atoms with Crippen molar-refractivity contribution in [3.8, 4) is 23.0 Å². The third-order valence-corrected chi connectivity index (χ3v) is 6.99. The number of imidazole rings is 2. The minimum Gasteiger partial charge on any atom is -1.00 e. The monoisotopic (exact) mass is 607 g/mol. The number of hydrogen-bond donors (Lipinski definition) is 0. The van der Waals surface area contributed by atoms with Crippen LogP contribution in [0, 0.1) is 0 Å². The minimum absolute atomic E-state index is 0. The van der Waals surface area contributed by atoms with Crippen LogP contribution in [0.15, 0.2) is 66.7 Å². The van der Waals surface area contributed by atoms with Crippen LogP contribution in [0.1, 0.15) is 27.7 Å². The predicted octanol–water partition coefficient (Wildman–Crippen LogP) is -0.281. The summed E-state index contributed by atoms with van der Waals surface area (Å²) in [5.74, 6) is 1.77. The fourth-order valence-corrected chi connectivity index (χ4v) is 4.76. The Hall–Kier alpha value is -2.45. The Morgan fingerprint density at radius 3 is 1.31 bits per heavy atom. The molecule has 0 saturated heterocycles. The standard InChI is InChI=1S/C29H35N7.2ClH.Fe/c1-5-33(6-2)20-35-26-18-11-9-14-22(26)31-28(35)24-16-13-17-25(30-24)29-32-23-15-10-12-19-27(23)36(29)21-34(7-3)8-4;;;/h9-19H,5-8,20-21H2,1-4H3;2*1H;/q;;;+2/p-2. The third kappa shape index (κ3) is 6.65. The largest absolute Gasteiger partial charge is 2.00 e. The molecule has 0 fully saturated rings. The number of rotatable bonds is 10. The molecule has 5 rings (SSSR count). The molecule has 0 aliphatic carbocycles. The molecule has 208 valence electrons. The summed E-state index contributed by atoms with van der Waals surface area (Å²) in [7, 11) is 0. The van der Waals surface area contributed by atoms with E-state index in [9.17, 15) is 0 Å². The van der Waals surface area contributed by atoms with Gasteiger partial charge in [-0.15, -0.1) is 0 Å². The van der Waals surface area contributed by atoms with Gasteiger partial charge in [-0.05, 0) is 62.6 Å². The third-order valence-electron chi connectivity index (χ3n) is 6.99. The summed E-state index contributed by atoms with van der Waals surface area (Å²) in [6, 6.07) is 22.8. The molecule has 39 heavy (non-hydrogen) atoms. The van der Waals surface area contributed by atoms with E-state index in [-0.39, 0.29) is 41.9 Å². The Bertz CT molecular complexity index is 1370. The number of para-hydroxylation sites is 4. The zero-order valence-corrected chi connectivity index (χ0v) is 25.4. The Morgan fingerprint density at radius 1 is 0.538 bits per heavy atom. The number of fused-ring (bicyclic) bond motifs is 2. The average molecular weight is 608 g/mol. The van der Waals surface area contributed by atoms with E-state index in [0.29, 0.717) is 0 Å². The van der Waals surface area contributed by atoms with E-state index in [0.717, 1.165) is 84.6 Å². The maximum Gasteiger partial charge on any atom is 2.00 e. The van der Waals surface area contributed by atoms with Crippen LogP contribution in [0.2, 0.25) is 0 Å². The first-order chi connectivity index (χ1) is 17.7. The molecule has 0 saturated carbocycles. The fourth-order valence-electron chi connectivity index (χ4n) is 4.76. The van der Waals surface area contributed by atoms with Crippen molar-refractivity contribution in [2.75, 3.05) is 26.2 Å². The first kappa shape index (κ1) is 32.8. The van der Waals surface area contributed by atoms with Crippen molar-refractivity contribution in [2.45, 2.75) is 41.0 Å². The van der Waals surface area contributed by atoms with Crippen molar-refractivity contribution in [2.24, 2.45) is 0 Å². The number of hydrogen-bond acceptors (Lipinski definition) is 5. The fraction of sp³-hybridized carbons (Fsp3) is 0.345. The van der Waals surface area contributed by atoms with Crippen molar-refractivity contribution in [3.63, 3.8) is 0 Å². The molecule has 0 aliphatic rings. The minimum atomic E-state index is 0. The molecule has 0 spiro atoms. The van der Waals surface area contributed by atoms with Gasteiger partial charge < -0.3 is 33.9 Å². The van der Waals surface area contributed by atoms with Gasteiger partial charge in [-0.2, -0.15) is 0 Å². The zero-order chi connectivity index (χ0) is 25.1. The number of aromatic nitrogens is 5. The number of halogens is 2. The molecule has 10 heteroatoms. The van der Waals surface area contributed by atoms with Crippen molar-refractivity contribution < 1.29 is 41.9 Å². The van der Waals surface area contributed by atoms with E-state index < -0.39 is 0 Å². The Balaban J connectivity index is 0.00000178. The van der Waals surface area contributed by atoms with Gasteiger partial charge in [-0.1, -0.05) is 58.0 Å². The average Bonchev–Trinajstić information content (AvgIpc) is 3.48. The van der Waals surface area contributed by atoms with Gasteiger partial charge in [0.25, 0.3) is 0 Å². The normalized spacial score (nSPS) is 11.0. The first-order valence-electron chi connectivity index (χ1n) is 13.0. The van der Waals surface area contributed by atoms with Crippen LogP contribution in [-0.2, 0) is 30.4 Å². The number of pyridine rings is 1. The van der Waals surface area contributed by atoms with Crippen molar-refractivity contribution >= 4 is 22.1 Å². The second-order valence-corrected chi connectivity index (χ2v) is 9.00. The van der Waals surface area contributed by atoms with Crippen LogP contribution in [0.3, 0.4) is 0 Å². The number of nitrogens with zero attached hydrogens (tertiary/aromatic N) is 7. The summed E-state index contributed by atoms with van der Waals surface area (Å²) in [6.45, 7) is 14.2. The van der Waals surface area contributed by atoms with Crippen LogP contribution in [0.25, 0.3) is 45.1 Å². The van der Waals surface area contributed by atoms with Crippen molar-refractivity contribution in [3.05, 3.63) is 66.7 Å². The molecule has 0 bridgehead atoms. The topological polar surface area (TPSA) is 55.0 Å². The summed E-state index contributed by atoms with van der Waals surface area (Å²) in [5, 5.41) is 0. The van der Waals surface area contributed by atoms with Crippen molar-refractivity contribution in [1.29, 1.82) is 0 Å². The van der Waals surface area contributed by atoms with Crippen LogP contribution in [0.5, 0.6) is 0 Å². The molecule has 0 aliphatic heterocycles. The summed E-state index contributed by atoms with van der Waals surface area (Å²) in [4.78, 5) is 20.0. The van der Waals surface area contributed by atoms with Gasteiger partial charge >= 0.3 is 17.1 Å². The van der Waals surface area contributed by atoms with Gasteiger partial charge in [0.1, 0.15) is 11.4 Å². The van der Waals surface area contributed by atoms with Gasteiger partial charge in [0.2, 0.25) is 0 Å². The van der Waals surface area contributed by atoms with Crippen LogP contribution in [-0.4, -0.2) is 60.1 Å². The van der Waals surface area contributed by atoms with Crippen LogP contribution >= 0.6 is 0 Å². The summed E-state index contributed by atoms with van der Waals surface area (Å²) in [5.41, 5.74) is 5.94. The van der Waals surface area contributed by atoms with Gasteiger partial charge in [-0.3, -0.25) is 9.80 Å². The molecule has 3 heterocycles. The summed E-state index contributed by atoms with van der Waals surface area (Å²) in [6.07, 6.45) is 0. The molecule has 0 unspecified atom stereocenters. The second-order valence-electron chi connectivity index (χ2n) is 9.00. The molecule has 0 radical (unpaired) electrons. The summed E-state index contributed by atoms with van der Waals surface area (Å²) < 4.78 is 4.57. The Labute approximate surface area is 253 Å². The zero-order valence-electron chi connectivity index (χ0n) is 22.8. The van der Waals surface area contributed by atoms with E-state index in [4.69, 9.17) is 15.0 Å². The molecule has 3 aromatic heterocycles. The van der Waals surface area contributed by atoms with Gasteiger partial charge in [0, 0.05) is 0 Å². The molecule has 0 amide bonds. The molecule has 0 N–H and O–H groups in total. The maximum absolute atomic E-state index is 5.14. The van der Waals surface area contributed by atoms with Gasteiger partial charge in [-0.25, -0.2) is 15.0 Å². The SMILES string of the molecule is CCN(CC)Cn1c(-c2cccc(-c3nc4ccccc4n3CN(CC)CC)n2)nc2ccccc21.[Cl-].[Cl-].[Fe+2]. The van der Waals surface area contributed by atoms with Crippen molar-refractivity contribution in [1.82, 2.24) is 33.9 Å². The van der Waals surface area contributed by atoms with E-state index >= 15 is 0 Å². The predicted molar refractivity (Wildman–Crippen MR) is 148 cm³/mol. The van der Waals surface area contributed by atoms with Crippen LogP contribution in [0.4, 0.5) is 0 Å². The summed E-state index contributed by atoms with van der Waals surface area (Å²) >= 11 is 0. The molecule has 7 nitrogen and oxygen atoms in total. The first-order valence-corrected chi connectivity index (χ1v) is 13.0. The Kier molecular flexibility index (Phi) is 12.4. The second kappa shape index (κ2) is 14.8.